The molecule has 7 nitrogen and oxygen atoms in total. The van der Waals surface area contributed by atoms with E-state index in [1.54, 1.807) is 43.3 Å². The van der Waals surface area contributed by atoms with Crippen LogP contribution in [-0.2, 0) is 16.1 Å². The third-order valence-electron chi connectivity index (χ3n) is 4.63. The van der Waals surface area contributed by atoms with E-state index in [-0.39, 0.29) is 18.0 Å². The third kappa shape index (κ3) is 3.50. The number of nitrogens with one attached hydrogen (secondary N) is 1. The first kappa shape index (κ1) is 18.5. The zero-order chi connectivity index (χ0) is 20.4. The van der Waals surface area contributed by atoms with Gasteiger partial charge >= 0.3 is 5.97 Å². The molecule has 146 valence electrons. The van der Waals surface area contributed by atoms with E-state index in [0.717, 1.165) is 5.52 Å². The number of para-hydroxylation sites is 2. The summed E-state index contributed by atoms with van der Waals surface area (Å²) in [6.07, 6.45) is 1.83. The highest BCUT2D eigenvalue weighted by molar-refractivity contribution is 5.93. The molecule has 0 spiro atoms. The SMILES string of the molecule is CCOC(=O)c1ccc(NC(=O)Cn2c(=O)c3cccn3c3ccccc32)cc1. The van der Waals surface area contributed by atoms with Crippen LogP contribution in [0.2, 0.25) is 0 Å². The number of carbonyl (C=O) groups is 2. The summed E-state index contributed by atoms with van der Waals surface area (Å²) in [7, 11) is 0. The minimum Gasteiger partial charge on any atom is -0.462 e. The molecule has 0 aliphatic heterocycles. The molecule has 2 heterocycles. The fraction of sp³-hybridized carbons (Fsp3) is 0.136. The van der Waals surface area contributed by atoms with E-state index in [2.05, 4.69) is 5.32 Å². The molecule has 4 aromatic rings. The van der Waals surface area contributed by atoms with Crippen LogP contribution in [0, 0.1) is 0 Å². The highest BCUT2D eigenvalue weighted by atomic mass is 16.5. The Morgan fingerprint density at radius 3 is 2.34 bits per heavy atom. The number of aromatic nitrogens is 2. The number of anilines is 1. The number of hydrogen-bond donors (Lipinski definition) is 1. The zero-order valence-electron chi connectivity index (χ0n) is 15.8. The monoisotopic (exact) mass is 389 g/mol. The highest BCUT2D eigenvalue weighted by Gasteiger charge is 2.13. The lowest BCUT2D eigenvalue weighted by atomic mass is 10.2. The average Bonchev–Trinajstić information content (AvgIpc) is 3.22. The summed E-state index contributed by atoms with van der Waals surface area (Å²) in [5.74, 6) is -0.749. The van der Waals surface area contributed by atoms with Gasteiger partial charge in [-0.2, -0.15) is 0 Å². The summed E-state index contributed by atoms with van der Waals surface area (Å²) in [6.45, 7) is 1.91. The van der Waals surface area contributed by atoms with Crippen LogP contribution in [0.1, 0.15) is 17.3 Å². The molecule has 7 heteroatoms. The first-order chi connectivity index (χ1) is 14.1. The molecule has 29 heavy (non-hydrogen) atoms. The Kier molecular flexibility index (Phi) is 4.87. The summed E-state index contributed by atoms with van der Waals surface area (Å²) in [4.78, 5) is 37.2. The summed E-state index contributed by atoms with van der Waals surface area (Å²) >= 11 is 0. The summed E-state index contributed by atoms with van der Waals surface area (Å²) < 4.78 is 8.23. The van der Waals surface area contributed by atoms with Crippen LogP contribution >= 0.6 is 0 Å². The predicted octanol–water partition coefficient (Wildman–Crippen LogP) is 3.07. The standard InChI is InChI=1S/C22H19N3O4/c1-2-29-22(28)15-9-11-16(12-10-15)23-20(26)14-25-18-7-4-3-6-17(18)24-13-5-8-19(24)21(25)27/h3-13H,2,14H2,1H3,(H,23,26). The Morgan fingerprint density at radius 1 is 0.931 bits per heavy atom. The van der Waals surface area contributed by atoms with E-state index in [9.17, 15) is 14.4 Å². The van der Waals surface area contributed by atoms with Gasteiger partial charge in [0.2, 0.25) is 5.91 Å². The number of rotatable bonds is 5. The van der Waals surface area contributed by atoms with Gasteiger partial charge in [-0.25, -0.2) is 4.79 Å². The maximum atomic E-state index is 12.9. The minimum atomic E-state index is -0.413. The Hall–Kier alpha value is -3.87. The van der Waals surface area contributed by atoms with E-state index in [1.807, 2.05) is 34.9 Å². The third-order valence-corrected chi connectivity index (χ3v) is 4.63. The minimum absolute atomic E-state index is 0.124. The maximum Gasteiger partial charge on any atom is 0.338 e. The van der Waals surface area contributed by atoms with Gasteiger partial charge in [0.1, 0.15) is 12.1 Å². The first-order valence-electron chi connectivity index (χ1n) is 9.24. The molecular formula is C22H19N3O4. The van der Waals surface area contributed by atoms with Crippen LogP contribution in [0.15, 0.2) is 71.7 Å². The van der Waals surface area contributed by atoms with E-state index >= 15 is 0 Å². The van der Waals surface area contributed by atoms with E-state index in [4.69, 9.17) is 4.74 Å². The Morgan fingerprint density at radius 2 is 1.62 bits per heavy atom. The molecule has 1 amide bonds. The van der Waals surface area contributed by atoms with Crippen molar-refractivity contribution in [2.24, 2.45) is 0 Å². The molecule has 0 bridgehead atoms. The highest BCUT2D eigenvalue weighted by Crippen LogP contribution is 2.16. The zero-order valence-corrected chi connectivity index (χ0v) is 15.8. The van der Waals surface area contributed by atoms with Gasteiger partial charge in [0, 0.05) is 11.9 Å². The van der Waals surface area contributed by atoms with Gasteiger partial charge in [-0.1, -0.05) is 12.1 Å². The number of hydrogen-bond acceptors (Lipinski definition) is 4. The van der Waals surface area contributed by atoms with Crippen molar-refractivity contribution < 1.29 is 14.3 Å². The fourth-order valence-corrected chi connectivity index (χ4v) is 3.31. The van der Waals surface area contributed by atoms with Gasteiger partial charge in [0.25, 0.3) is 5.56 Å². The Labute approximate surface area is 166 Å². The molecule has 0 atom stereocenters. The van der Waals surface area contributed by atoms with Gasteiger partial charge in [0.05, 0.1) is 23.2 Å². The van der Waals surface area contributed by atoms with Gasteiger partial charge in [0.15, 0.2) is 0 Å². The molecule has 0 aliphatic carbocycles. The second-order valence-corrected chi connectivity index (χ2v) is 6.49. The molecule has 4 rings (SSSR count). The van der Waals surface area contributed by atoms with E-state index < -0.39 is 5.97 Å². The Bertz CT molecular complexity index is 1270. The van der Waals surface area contributed by atoms with E-state index in [0.29, 0.717) is 28.9 Å². The van der Waals surface area contributed by atoms with Crippen molar-refractivity contribution in [2.45, 2.75) is 13.5 Å². The molecule has 0 unspecified atom stereocenters. The number of carbonyl (C=O) groups excluding carboxylic acids is 2. The van der Waals surface area contributed by atoms with E-state index in [1.165, 1.54) is 4.57 Å². The average molecular weight is 389 g/mol. The molecule has 0 aliphatic rings. The molecule has 0 radical (unpaired) electrons. The van der Waals surface area contributed by atoms with Crippen LogP contribution in [0.4, 0.5) is 5.69 Å². The normalized spacial score (nSPS) is 10.9. The number of esters is 1. The summed E-state index contributed by atoms with van der Waals surface area (Å²) in [6, 6.07) is 17.4. The van der Waals surface area contributed by atoms with Crippen LogP contribution < -0.4 is 10.9 Å². The van der Waals surface area contributed by atoms with Crippen LogP contribution in [0.25, 0.3) is 16.6 Å². The lowest BCUT2D eigenvalue weighted by molar-refractivity contribution is -0.116. The van der Waals surface area contributed by atoms with Crippen molar-refractivity contribution in [3.63, 3.8) is 0 Å². The smallest absolute Gasteiger partial charge is 0.338 e. The topological polar surface area (TPSA) is 81.8 Å². The largest absolute Gasteiger partial charge is 0.462 e. The second kappa shape index (κ2) is 7.63. The maximum absolute atomic E-state index is 12.9. The van der Waals surface area contributed by atoms with Crippen molar-refractivity contribution in [3.8, 4) is 0 Å². The van der Waals surface area contributed by atoms with Crippen molar-refractivity contribution in [2.75, 3.05) is 11.9 Å². The van der Waals surface area contributed by atoms with Crippen LogP contribution in [0.3, 0.4) is 0 Å². The molecular weight excluding hydrogens is 370 g/mol. The molecule has 2 aromatic carbocycles. The van der Waals surface area contributed by atoms with Gasteiger partial charge in [-0.05, 0) is 55.5 Å². The Balaban J connectivity index is 1.60. The fourth-order valence-electron chi connectivity index (χ4n) is 3.31. The summed E-state index contributed by atoms with van der Waals surface area (Å²) in [5, 5.41) is 2.76. The molecule has 2 aromatic heterocycles. The van der Waals surface area contributed by atoms with Crippen LogP contribution in [0.5, 0.6) is 0 Å². The lowest BCUT2D eigenvalue weighted by Crippen LogP contribution is -2.29. The first-order valence-corrected chi connectivity index (χ1v) is 9.24. The van der Waals surface area contributed by atoms with Crippen molar-refractivity contribution in [1.82, 2.24) is 8.97 Å². The second-order valence-electron chi connectivity index (χ2n) is 6.49. The van der Waals surface area contributed by atoms with Crippen molar-refractivity contribution >= 4 is 34.1 Å². The molecule has 1 N–H and O–H groups in total. The molecule has 0 fully saturated rings. The van der Waals surface area contributed by atoms with Gasteiger partial charge < -0.3 is 14.5 Å². The molecule has 0 saturated carbocycles. The number of ether oxygens (including phenoxy) is 1. The van der Waals surface area contributed by atoms with Gasteiger partial charge in [-0.15, -0.1) is 0 Å². The van der Waals surface area contributed by atoms with Crippen molar-refractivity contribution in [3.05, 3.63) is 82.8 Å². The number of benzene rings is 2. The quantitative estimate of drug-likeness (QED) is 0.532. The number of amides is 1. The van der Waals surface area contributed by atoms with Gasteiger partial charge in [-0.3, -0.25) is 14.2 Å². The number of fused-ring (bicyclic) bond motifs is 3. The van der Waals surface area contributed by atoms with Crippen LogP contribution in [-0.4, -0.2) is 27.5 Å². The number of nitrogens with zero attached hydrogens (tertiary/aromatic N) is 2. The lowest BCUT2D eigenvalue weighted by Gasteiger charge is -2.13. The predicted molar refractivity (Wildman–Crippen MR) is 110 cm³/mol. The molecule has 0 saturated heterocycles. The van der Waals surface area contributed by atoms with Crippen molar-refractivity contribution in [1.29, 1.82) is 0 Å². The summed E-state index contributed by atoms with van der Waals surface area (Å²) in [5.41, 5.74) is 2.74.